The molecule has 1 rings (SSSR count). The van der Waals surface area contributed by atoms with Gasteiger partial charge in [-0.3, -0.25) is 0 Å². The average molecular weight is 334 g/mol. The van der Waals surface area contributed by atoms with Gasteiger partial charge in [0.2, 0.25) is 0 Å². The van der Waals surface area contributed by atoms with Gasteiger partial charge >= 0.3 is 111 Å². The van der Waals surface area contributed by atoms with Gasteiger partial charge in [-0.05, 0) is 0 Å². The van der Waals surface area contributed by atoms with E-state index in [0.29, 0.717) is 0 Å². The molecule has 0 aromatic heterocycles. The zero-order valence-electron chi connectivity index (χ0n) is 10.5. The fourth-order valence-corrected chi connectivity index (χ4v) is 3.16. The molecule has 16 heavy (non-hydrogen) atoms. The third kappa shape index (κ3) is 7.87. The molecular weight excluding hydrogens is 309 g/mol. The summed E-state index contributed by atoms with van der Waals surface area (Å²) in [4.78, 5) is 2.48. The predicted octanol–water partition coefficient (Wildman–Crippen LogP) is 2.23. The Bertz CT molecular complexity index is 150. The zero-order chi connectivity index (χ0) is 11.5. The SMILES string of the molecule is CCCCCCCCN1CC[O][Sn+2][O]CC1. The summed E-state index contributed by atoms with van der Waals surface area (Å²) < 4.78 is 10.9. The average Bonchev–Trinajstić information content (AvgIpc) is 2.25. The molecule has 0 radical (unpaired) electrons. The Balaban J connectivity index is 1.93. The molecule has 0 aromatic carbocycles. The summed E-state index contributed by atoms with van der Waals surface area (Å²) in [6.07, 6.45) is 8.28. The minimum atomic E-state index is -0.879. The van der Waals surface area contributed by atoms with E-state index >= 15 is 0 Å². The van der Waals surface area contributed by atoms with Crippen LogP contribution in [0.5, 0.6) is 0 Å². The quantitative estimate of drug-likeness (QED) is 0.527. The van der Waals surface area contributed by atoms with Crippen molar-refractivity contribution >= 4 is 22.0 Å². The normalized spacial score (nSPS) is 18.3. The molecule has 1 saturated heterocycles. The second-order valence-electron chi connectivity index (χ2n) is 4.39. The van der Waals surface area contributed by atoms with E-state index in [1.807, 2.05) is 0 Å². The van der Waals surface area contributed by atoms with Crippen molar-refractivity contribution in [3.05, 3.63) is 0 Å². The Kier molecular flexibility index (Phi) is 9.96. The van der Waals surface area contributed by atoms with Crippen molar-refractivity contribution in [3.63, 3.8) is 0 Å². The van der Waals surface area contributed by atoms with Gasteiger partial charge in [0.1, 0.15) is 0 Å². The molecule has 0 saturated carbocycles. The van der Waals surface area contributed by atoms with Crippen molar-refractivity contribution in [1.29, 1.82) is 0 Å². The van der Waals surface area contributed by atoms with Crippen molar-refractivity contribution in [1.82, 2.24) is 4.90 Å². The van der Waals surface area contributed by atoms with Crippen molar-refractivity contribution in [3.8, 4) is 0 Å². The topological polar surface area (TPSA) is 21.7 Å². The summed E-state index contributed by atoms with van der Waals surface area (Å²) in [6.45, 7) is 7.50. The van der Waals surface area contributed by atoms with Crippen molar-refractivity contribution < 1.29 is 6.15 Å². The molecule has 3 nitrogen and oxygen atoms in total. The summed E-state index contributed by atoms with van der Waals surface area (Å²) in [6, 6.07) is 0. The van der Waals surface area contributed by atoms with E-state index in [-0.39, 0.29) is 0 Å². The van der Waals surface area contributed by atoms with E-state index in [2.05, 4.69) is 11.8 Å². The number of nitrogens with zero attached hydrogens (tertiary/aromatic N) is 1. The van der Waals surface area contributed by atoms with Crippen LogP contribution in [0.4, 0.5) is 0 Å². The Morgan fingerprint density at radius 2 is 1.56 bits per heavy atom. The monoisotopic (exact) mass is 335 g/mol. The Hall–Kier alpha value is 0.679. The van der Waals surface area contributed by atoms with Crippen LogP contribution in [0, 0.1) is 0 Å². The molecule has 1 fully saturated rings. The van der Waals surface area contributed by atoms with Gasteiger partial charge < -0.3 is 0 Å². The van der Waals surface area contributed by atoms with E-state index in [9.17, 15) is 0 Å². The van der Waals surface area contributed by atoms with Crippen LogP contribution in [0.15, 0.2) is 0 Å². The van der Waals surface area contributed by atoms with Crippen LogP contribution in [0.1, 0.15) is 45.4 Å². The molecule has 0 bridgehead atoms. The standard InChI is InChI=1S/C12H25NO2.Sn/c1-2-3-4-5-6-7-8-13(9-11-14)10-12-15;/h2-12H2,1H3;/q-2;+4. The molecule has 0 spiro atoms. The number of hydrogen-bond donors (Lipinski definition) is 0. The third-order valence-electron chi connectivity index (χ3n) is 2.96. The summed E-state index contributed by atoms with van der Waals surface area (Å²) in [5.41, 5.74) is 0. The first-order chi connectivity index (χ1) is 7.93. The molecule has 0 amide bonds. The predicted molar refractivity (Wildman–Crippen MR) is 67.5 cm³/mol. The Labute approximate surface area is 111 Å². The van der Waals surface area contributed by atoms with Gasteiger partial charge in [-0.2, -0.15) is 0 Å². The van der Waals surface area contributed by atoms with Crippen LogP contribution in [0.3, 0.4) is 0 Å². The van der Waals surface area contributed by atoms with Crippen molar-refractivity contribution in [2.45, 2.75) is 45.4 Å². The van der Waals surface area contributed by atoms with E-state index in [0.717, 1.165) is 26.3 Å². The molecular formula is C12H25NO2Sn+2. The van der Waals surface area contributed by atoms with Crippen LogP contribution in [0.2, 0.25) is 0 Å². The zero-order valence-corrected chi connectivity index (χ0v) is 13.4. The summed E-state index contributed by atoms with van der Waals surface area (Å²) in [5.74, 6) is 0. The second-order valence-corrected chi connectivity index (χ2v) is 6.51. The third-order valence-corrected chi connectivity index (χ3v) is 4.80. The van der Waals surface area contributed by atoms with Crippen LogP contribution in [-0.4, -0.2) is 59.7 Å². The molecule has 0 aromatic rings. The fraction of sp³-hybridized carbons (Fsp3) is 1.00. The Morgan fingerprint density at radius 1 is 0.938 bits per heavy atom. The van der Waals surface area contributed by atoms with Crippen molar-refractivity contribution in [2.75, 3.05) is 32.8 Å². The number of unbranched alkanes of at least 4 members (excludes halogenated alkanes) is 5. The maximum atomic E-state index is 5.47. The maximum absolute atomic E-state index is 5.47. The molecule has 0 atom stereocenters. The molecule has 1 aliphatic heterocycles. The van der Waals surface area contributed by atoms with Gasteiger partial charge in [0, 0.05) is 0 Å². The van der Waals surface area contributed by atoms with Crippen molar-refractivity contribution in [2.24, 2.45) is 0 Å². The summed E-state index contributed by atoms with van der Waals surface area (Å²) in [5, 5.41) is 0. The van der Waals surface area contributed by atoms with Gasteiger partial charge in [0.05, 0.1) is 0 Å². The van der Waals surface area contributed by atoms with Gasteiger partial charge in [-0.15, -0.1) is 0 Å². The van der Waals surface area contributed by atoms with E-state index < -0.39 is 22.0 Å². The first kappa shape index (κ1) is 14.7. The fourth-order valence-electron chi connectivity index (χ4n) is 1.93. The molecule has 1 aliphatic rings. The van der Waals surface area contributed by atoms with Crippen LogP contribution < -0.4 is 0 Å². The molecule has 4 heteroatoms. The van der Waals surface area contributed by atoms with Gasteiger partial charge in [-0.1, -0.05) is 0 Å². The van der Waals surface area contributed by atoms with E-state index in [1.54, 1.807) is 0 Å². The Morgan fingerprint density at radius 3 is 2.25 bits per heavy atom. The van der Waals surface area contributed by atoms with E-state index in [1.165, 1.54) is 45.1 Å². The first-order valence-corrected chi connectivity index (χ1v) is 8.97. The second kappa shape index (κ2) is 10.8. The summed E-state index contributed by atoms with van der Waals surface area (Å²) >= 11 is -0.879. The van der Waals surface area contributed by atoms with Gasteiger partial charge in [-0.25, -0.2) is 0 Å². The number of rotatable bonds is 7. The number of hydrogen-bond acceptors (Lipinski definition) is 3. The minimum absolute atomic E-state index is 0.879. The molecule has 0 N–H and O–H groups in total. The molecule has 0 unspecified atom stereocenters. The van der Waals surface area contributed by atoms with Gasteiger partial charge in [0.25, 0.3) is 0 Å². The first-order valence-electron chi connectivity index (χ1n) is 6.64. The van der Waals surface area contributed by atoms with Gasteiger partial charge in [0.15, 0.2) is 0 Å². The summed E-state index contributed by atoms with van der Waals surface area (Å²) in [7, 11) is 0. The molecule has 1 heterocycles. The molecule has 0 aliphatic carbocycles. The van der Waals surface area contributed by atoms with Crippen LogP contribution >= 0.6 is 0 Å². The van der Waals surface area contributed by atoms with E-state index in [4.69, 9.17) is 6.15 Å². The van der Waals surface area contributed by atoms with Crippen LogP contribution in [-0.2, 0) is 6.15 Å². The molecule has 92 valence electrons. The van der Waals surface area contributed by atoms with Crippen LogP contribution in [0.25, 0.3) is 0 Å².